The Labute approximate surface area is 213 Å². The summed E-state index contributed by atoms with van der Waals surface area (Å²) in [7, 11) is 0. The van der Waals surface area contributed by atoms with E-state index in [1.165, 1.54) is 5.56 Å². The summed E-state index contributed by atoms with van der Waals surface area (Å²) in [6.07, 6.45) is 1.06. The molecule has 0 saturated carbocycles. The molecule has 1 N–H and O–H groups in total. The number of carbonyl (C=O) groups excluding carboxylic acids is 1. The van der Waals surface area contributed by atoms with E-state index in [1.54, 1.807) is 0 Å². The number of amides is 1. The van der Waals surface area contributed by atoms with Crippen LogP contribution in [0.4, 0.5) is 11.4 Å². The van der Waals surface area contributed by atoms with Crippen molar-refractivity contribution >= 4 is 28.8 Å². The van der Waals surface area contributed by atoms with Crippen LogP contribution in [-0.2, 0) is 11.2 Å². The zero-order valence-corrected chi connectivity index (χ0v) is 20.8. The van der Waals surface area contributed by atoms with Crippen molar-refractivity contribution in [3.8, 4) is 0 Å². The minimum absolute atomic E-state index is 0.0282. The minimum Gasteiger partial charge on any atom is -0.312 e. The van der Waals surface area contributed by atoms with Gasteiger partial charge in [-0.3, -0.25) is 14.7 Å². The van der Waals surface area contributed by atoms with Crippen molar-refractivity contribution in [2.24, 2.45) is 9.98 Å². The van der Waals surface area contributed by atoms with Gasteiger partial charge in [-0.15, -0.1) is 0 Å². The highest BCUT2D eigenvalue weighted by molar-refractivity contribution is 6.17. The number of amidine groups is 1. The van der Waals surface area contributed by atoms with E-state index in [-0.39, 0.29) is 11.8 Å². The Kier molecular flexibility index (Phi) is 7.64. The van der Waals surface area contributed by atoms with Gasteiger partial charge in [0, 0.05) is 38.4 Å². The number of carbonyl (C=O) groups is 1. The summed E-state index contributed by atoms with van der Waals surface area (Å²) in [4.78, 5) is 27.7. The first kappa shape index (κ1) is 24.1. The Morgan fingerprint density at radius 2 is 1.39 bits per heavy atom. The van der Waals surface area contributed by atoms with E-state index in [1.807, 2.05) is 49.4 Å². The van der Waals surface area contributed by atoms with Crippen LogP contribution in [0.2, 0.25) is 0 Å². The predicted molar refractivity (Wildman–Crippen MR) is 147 cm³/mol. The summed E-state index contributed by atoms with van der Waals surface area (Å²) in [6.45, 7) is 7.17. The number of nitrogens with zero attached hydrogens (tertiary/aromatic N) is 4. The number of fused-ring (bicyclic) bond motifs is 1. The second-order valence-electron chi connectivity index (χ2n) is 9.48. The first-order valence-electron chi connectivity index (χ1n) is 12.7. The lowest BCUT2D eigenvalue weighted by Gasteiger charge is -2.34. The monoisotopic (exact) mass is 479 g/mol. The van der Waals surface area contributed by atoms with Gasteiger partial charge in [-0.2, -0.15) is 0 Å². The molecule has 6 heteroatoms. The van der Waals surface area contributed by atoms with Crippen LogP contribution in [0.1, 0.15) is 24.0 Å². The molecule has 3 aromatic carbocycles. The third-order valence-corrected chi connectivity index (χ3v) is 6.90. The molecule has 36 heavy (non-hydrogen) atoms. The zero-order chi connectivity index (χ0) is 24.7. The van der Waals surface area contributed by atoms with Crippen molar-refractivity contribution in [3.05, 3.63) is 96.1 Å². The molecule has 0 spiro atoms. The smallest absolute Gasteiger partial charge is 0.239 e. The molecule has 0 aromatic heterocycles. The topological polar surface area (TPSA) is 60.3 Å². The van der Waals surface area contributed by atoms with Gasteiger partial charge in [0.1, 0.15) is 5.84 Å². The van der Waals surface area contributed by atoms with Crippen LogP contribution in [0.3, 0.4) is 0 Å². The standard InChI is InChI=1S/C30H33N5O/c1-23-29(25-12-6-3-7-13-25)30(32-27-15-9-8-14-26(27)31-23)33-28(36)22-35-20-18-34(19-21-35)17-16-24-10-4-2-5-11-24/h2-15,29H,16-22H2,1H3,(H,32,33,36)/t29-/m0/s1. The summed E-state index contributed by atoms with van der Waals surface area (Å²) in [5.74, 6) is 0.413. The van der Waals surface area contributed by atoms with Crippen molar-refractivity contribution in [1.29, 1.82) is 0 Å². The molecule has 1 amide bonds. The summed E-state index contributed by atoms with van der Waals surface area (Å²) in [6, 6.07) is 28.6. The lowest BCUT2D eigenvalue weighted by atomic mass is 9.93. The summed E-state index contributed by atoms with van der Waals surface area (Å²) >= 11 is 0. The van der Waals surface area contributed by atoms with Gasteiger partial charge < -0.3 is 10.2 Å². The Morgan fingerprint density at radius 1 is 0.806 bits per heavy atom. The van der Waals surface area contributed by atoms with E-state index in [2.05, 4.69) is 57.6 Å². The number of rotatable bonds is 6. The molecule has 5 rings (SSSR count). The third kappa shape index (κ3) is 5.96. The Morgan fingerprint density at radius 3 is 2.08 bits per heavy atom. The number of benzene rings is 3. The maximum atomic E-state index is 13.2. The number of piperazine rings is 1. The first-order valence-corrected chi connectivity index (χ1v) is 12.7. The summed E-state index contributed by atoms with van der Waals surface area (Å²) in [5.41, 5.74) is 4.95. The van der Waals surface area contributed by atoms with E-state index in [9.17, 15) is 4.79 Å². The van der Waals surface area contributed by atoms with Gasteiger partial charge in [0.25, 0.3) is 0 Å². The summed E-state index contributed by atoms with van der Waals surface area (Å²) < 4.78 is 0. The van der Waals surface area contributed by atoms with Gasteiger partial charge in [-0.25, -0.2) is 4.99 Å². The largest absolute Gasteiger partial charge is 0.312 e. The van der Waals surface area contributed by atoms with Crippen LogP contribution in [0.25, 0.3) is 0 Å². The SMILES string of the molecule is CC1=Nc2ccccc2N=C(NC(=O)CN2CCN(CCc3ccccc3)CC2)[C@@H]1c1ccccc1. The molecule has 0 bridgehead atoms. The van der Waals surface area contributed by atoms with Crippen LogP contribution in [0.5, 0.6) is 0 Å². The predicted octanol–water partition coefficient (Wildman–Crippen LogP) is 4.58. The fourth-order valence-electron chi connectivity index (χ4n) is 4.93. The second-order valence-corrected chi connectivity index (χ2v) is 9.48. The quantitative estimate of drug-likeness (QED) is 0.563. The molecule has 1 atom stereocenters. The van der Waals surface area contributed by atoms with Crippen LogP contribution in [0, 0.1) is 0 Å². The lowest BCUT2D eigenvalue weighted by Crippen LogP contribution is -2.50. The molecule has 0 radical (unpaired) electrons. The van der Waals surface area contributed by atoms with Gasteiger partial charge in [-0.05, 0) is 36.6 Å². The Balaban J connectivity index is 1.23. The molecule has 2 aliphatic rings. The third-order valence-electron chi connectivity index (χ3n) is 6.90. The molecule has 184 valence electrons. The van der Waals surface area contributed by atoms with Gasteiger partial charge in [0.2, 0.25) is 5.91 Å². The van der Waals surface area contributed by atoms with Gasteiger partial charge in [0.15, 0.2) is 0 Å². The van der Waals surface area contributed by atoms with E-state index in [0.717, 1.165) is 61.8 Å². The van der Waals surface area contributed by atoms with E-state index < -0.39 is 0 Å². The zero-order valence-electron chi connectivity index (χ0n) is 20.8. The molecular formula is C30H33N5O. The van der Waals surface area contributed by atoms with Crippen molar-refractivity contribution < 1.29 is 4.79 Å². The highest BCUT2D eigenvalue weighted by atomic mass is 16.2. The Bertz CT molecular complexity index is 1230. The molecule has 1 saturated heterocycles. The van der Waals surface area contributed by atoms with Crippen LogP contribution in [-0.4, -0.2) is 66.5 Å². The maximum absolute atomic E-state index is 13.2. The van der Waals surface area contributed by atoms with Gasteiger partial charge in [0.05, 0.1) is 23.8 Å². The highest BCUT2D eigenvalue weighted by Gasteiger charge is 2.27. The number of aliphatic imine (C=N–C) groups is 2. The Hall–Kier alpha value is -3.61. The number of hydrogen-bond acceptors (Lipinski definition) is 5. The molecule has 2 heterocycles. The number of nitrogens with one attached hydrogen (secondary N) is 1. The molecular weight excluding hydrogens is 446 g/mol. The number of para-hydroxylation sites is 2. The van der Waals surface area contributed by atoms with Crippen molar-refractivity contribution in [2.75, 3.05) is 39.3 Å². The molecule has 0 aliphatic carbocycles. The maximum Gasteiger partial charge on any atom is 0.239 e. The van der Waals surface area contributed by atoms with Crippen LogP contribution < -0.4 is 5.32 Å². The highest BCUT2D eigenvalue weighted by Crippen LogP contribution is 2.34. The number of hydrogen-bond donors (Lipinski definition) is 1. The van der Waals surface area contributed by atoms with E-state index in [4.69, 9.17) is 9.98 Å². The minimum atomic E-state index is -0.197. The second kappa shape index (κ2) is 11.4. The molecule has 2 aliphatic heterocycles. The van der Waals surface area contributed by atoms with Crippen molar-refractivity contribution in [3.63, 3.8) is 0 Å². The fourth-order valence-corrected chi connectivity index (χ4v) is 4.93. The molecule has 1 fully saturated rings. The first-order chi connectivity index (χ1) is 17.7. The normalized spacial score (nSPS) is 18.5. The van der Waals surface area contributed by atoms with Gasteiger partial charge >= 0.3 is 0 Å². The van der Waals surface area contributed by atoms with Gasteiger partial charge in [-0.1, -0.05) is 72.8 Å². The molecule has 6 nitrogen and oxygen atoms in total. The van der Waals surface area contributed by atoms with E-state index >= 15 is 0 Å². The average Bonchev–Trinajstić information content (AvgIpc) is 3.04. The lowest BCUT2D eigenvalue weighted by molar-refractivity contribution is -0.121. The fraction of sp³-hybridized carbons (Fsp3) is 0.300. The molecule has 3 aromatic rings. The van der Waals surface area contributed by atoms with E-state index in [0.29, 0.717) is 12.4 Å². The summed E-state index contributed by atoms with van der Waals surface area (Å²) in [5, 5.41) is 3.16. The molecule has 0 unspecified atom stereocenters. The van der Waals surface area contributed by atoms with Crippen molar-refractivity contribution in [2.45, 2.75) is 19.3 Å². The average molecular weight is 480 g/mol. The van der Waals surface area contributed by atoms with Crippen LogP contribution >= 0.6 is 0 Å². The van der Waals surface area contributed by atoms with Crippen LogP contribution in [0.15, 0.2) is 94.9 Å². The van der Waals surface area contributed by atoms with Crippen molar-refractivity contribution in [1.82, 2.24) is 15.1 Å².